The van der Waals surface area contributed by atoms with E-state index in [9.17, 15) is 13.2 Å². The van der Waals surface area contributed by atoms with Crippen molar-refractivity contribution in [3.63, 3.8) is 0 Å². The fourth-order valence-electron chi connectivity index (χ4n) is 1.90. The monoisotopic (exact) mass is 255 g/mol. The molecule has 0 spiro atoms. The van der Waals surface area contributed by atoms with Crippen LogP contribution in [0.25, 0.3) is 11.3 Å². The quantitative estimate of drug-likeness (QED) is 0.896. The average Bonchev–Trinajstić information content (AvgIpc) is 2.53. The first-order valence-electron chi connectivity index (χ1n) is 5.42. The molecule has 18 heavy (non-hydrogen) atoms. The lowest BCUT2D eigenvalue weighted by molar-refractivity contribution is 0.547. The van der Waals surface area contributed by atoms with Crippen LogP contribution in [-0.2, 0) is 13.5 Å². The van der Waals surface area contributed by atoms with E-state index >= 15 is 0 Å². The summed E-state index contributed by atoms with van der Waals surface area (Å²) < 4.78 is 41.6. The molecule has 0 radical (unpaired) electrons. The third-order valence-electron chi connectivity index (χ3n) is 2.79. The highest BCUT2D eigenvalue weighted by Gasteiger charge is 2.21. The highest BCUT2D eigenvalue weighted by atomic mass is 19.1. The van der Waals surface area contributed by atoms with E-state index in [1.54, 1.807) is 14.0 Å². The van der Waals surface area contributed by atoms with Crippen LogP contribution >= 0.6 is 0 Å². The van der Waals surface area contributed by atoms with Crippen molar-refractivity contribution in [1.29, 1.82) is 0 Å². The van der Waals surface area contributed by atoms with Gasteiger partial charge in [0, 0.05) is 24.7 Å². The zero-order valence-corrected chi connectivity index (χ0v) is 9.97. The van der Waals surface area contributed by atoms with Crippen LogP contribution in [0.2, 0.25) is 0 Å². The van der Waals surface area contributed by atoms with Crippen molar-refractivity contribution in [3.8, 4) is 11.3 Å². The molecule has 6 heteroatoms. The maximum absolute atomic E-state index is 13.7. The molecule has 0 aliphatic carbocycles. The summed E-state index contributed by atoms with van der Waals surface area (Å²) in [6.07, 6.45) is 0.477. The van der Waals surface area contributed by atoms with Crippen molar-refractivity contribution in [1.82, 2.24) is 9.78 Å². The van der Waals surface area contributed by atoms with Crippen molar-refractivity contribution in [2.24, 2.45) is 7.05 Å². The molecule has 0 aliphatic rings. The lowest BCUT2D eigenvalue weighted by atomic mass is 10.0. The van der Waals surface area contributed by atoms with Crippen LogP contribution in [0.1, 0.15) is 12.5 Å². The Morgan fingerprint density at radius 3 is 2.28 bits per heavy atom. The number of nitrogens with zero attached hydrogens (tertiary/aromatic N) is 2. The van der Waals surface area contributed by atoms with E-state index in [2.05, 4.69) is 5.10 Å². The third-order valence-corrected chi connectivity index (χ3v) is 2.79. The smallest absolute Gasteiger partial charge is 0.138 e. The predicted octanol–water partition coefficient (Wildman–Crippen LogP) is 2.65. The fourth-order valence-corrected chi connectivity index (χ4v) is 1.90. The van der Waals surface area contributed by atoms with Crippen molar-refractivity contribution < 1.29 is 13.2 Å². The minimum atomic E-state index is -0.986. The van der Waals surface area contributed by atoms with E-state index in [1.165, 1.54) is 4.68 Å². The van der Waals surface area contributed by atoms with Gasteiger partial charge >= 0.3 is 0 Å². The van der Waals surface area contributed by atoms with E-state index in [0.717, 1.165) is 0 Å². The van der Waals surface area contributed by atoms with Gasteiger partial charge < -0.3 is 5.73 Å². The predicted molar refractivity (Wildman–Crippen MR) is 62.3 cm³/mol. The maximum atomic E-state index is 13.7. The Morgan fingerprint density at radius 2 is 1.78 bits per heavy atom. The topological polar surface area (TPSA) is 43.8 Å². The molecule has 0 saturated heterocycles. The fraction of sp³-hybridized carbons (Fsp3) is 0.250. The van der Waals surface area contributed by atoms with E-state index < -0.39 is 17.5 Å². The second-order valence-corrected chi connectivity index (χ2v) is 3.93. The van der Waals surface area contributed by atoms with Gasteiger partial charge in [-0.1, -0.05) is 6.92 Å². The van der Waals surface area contributed by atoms with E-state index in [-0.39, 0.29) is 11.3 Å². The molecule has 96 valence electrons. The number of benzene rings is 1. The van der Waals surface area contributed by atoms with Gasteiger partial charge in [-0.15, -0.1) is 0 Å². The molecule has 0 aliphatic heterocycles. The Balaban J connectivity index is 2.73. The third kappa shape index (κ3) is 1.83. The lowest BCUT2D eigenvalue weighted by Crippen LogP contribution is -1.98. The molecule has 0 atom stereocenters. The summed E-state index contributed by atoms with van der Waals surface area (Å²) in [5, 5.41) is 3.99. The second kappa shape index (κ2) is 4.36. The largest absolute Gasteiger partial charge is 0.384 e. The Morgan fingerprint density at radius 1 is 1.22 bits per heavy atom. The number of nitrogen functional groups attached to an aromatic ring is 1. The molecule has 1 aromatic carbocycles. The van der Waals surface area contributed by atoms with E-state index in [0.29, 0.717) is 29.9 Å². The number of anilines is 1. The zero-order chi connectivity index (χ0) is 13.4. The normalized spacial score (nSPS) is 10.9. The summed E-state index contributed by atoms with van der Waals surface area (Å²) in [5.74, 6) is -2.59. The first-order chi connectivity index (χ1) is 8.45. The van der Waals surface area contributed by atoms with Gasteiger partial charge in [-0.25, -0.2) is 13.2 Å². The van der Waals surface area contributed by atoms with Crippen molar-refractivity contribution in [2.75, 3.05) is 5.73 Å². The van der Waals surface area contributed by atoms with Crippen LogP contribution in [0.3, 0.4) is 0 Å². The molecular weight excluding hydrogens is 243 g/mol. The van der Waals surface area contributed by atoms with Crippen LogP contribution in [0.15, 0.2) is 12.1 Å². The zero-order valence-electron chi connectivity index (χ0n) is 9.97. The Hall–Kier alpha value is -1.98. The highest BCUT2D eigenvalue weighted by molar-refractivity contribution is 5.69. The van der Waals surface area contributed by atoms with Crippen LogP contribution in [-0.4, -0.2) is 9.78 Å². The van der Waals surface area contributed by atoms with Gasteiger partial charge in [-0.3, -0.25) is 4.68 Å². The van der Waals surface area contributed by atoms with Crippen LogP contribution in [0, 0.1) is 17.5 Å². The summed E-state index contributed by atoms with van der Waals surface area (Å²) in [6.45, 7) is 1.80. The summed E-state index contributed by atoms with van der Waals surface area (Å²) in [5.41, 5.74) is 6.08. The minimum absolute atomic E-state index is 0.118. The van der Waals surface area contributed by atoms with Crippen LogP contribution in [0.4, 0.5) is 19.0 Å². The maximum Gasteiger partial charge on any atom is 0.138 e. The molecule has 1 aromatic heterocycles. The molecule has 0 bridgehead atoms. The average molecular weight is 255 g/mol. The Labute approximate surface area is 102 Å². The molecule has 0 fully saturated rings. The molecular formula is C12H12F3N3. The number of halogens is 3. The summed E-state index contributed by atoms with van der Waals surface area (Å²) in [7, 11) is 1.58. The molecule has 1 heterocycles. The molecule has 3 nitrogen and oxygen atoms in total. The van der Waals surface area contributed by atoms with Crippen LogP contribution in [0.5, 0.6) is 0 Å². The van der Waals surface area contributed by atoms with Gasteiger partial charge in [0.05, 0.1) is 5.56 Å². The summed E-state index contributed by atoms with van der Waals surface area (Å²) in [6, 6.07) is 1.26. The second-order valence-electron chi connectivity index (χ2n) is 3.93. The molecule has 2 N–H and O–H groups in total. The lowest BCUT2D eigenvalue weighted by Gasteiger charge is -2.04. The number of hydrogen-bond acceptors (Lipinski definition) is 2. The molecule has 0 unspecified atom stereocenters. The SMILES string of the molecule is CCc1c(-c2c(F)cc(F)cc2F)nn(C)c1N. The molecule has 0 saturated carbocycles. The number of aromatic nitrogens is 2. The van der Waals surface area contributed by atoms with Crippen molar-refractivity contribution >= 4 is 5.82 Å². The Kier molecular flexibility index (Phi) is 3.02. The number of rotatable bonds is 2. The molecule has 0 amide bonds. The van der Waals surface area contributed by atoms with Gasteiger partial charge in [0.25, 0.3) is 0 Å². The van der Waals surface area contributed by atoms with Gasteiger partial charge in [0.15, 0.2) is 0 Å². The van der Waals surface area contributed by atoms with Gasteiger partial charge in [0.2, 0.25) is 0 Å². The van der Waals surface area contributed by atoms with Crippen molar-refractivity contribution in [3.05, 3.63) is 35.1 Å². The first-order valence-corrected chi connectivity index (χ1v) is 5.42. The molecule has 2 rings (SSSR count). The molecule has 2 aromatic rings. The first kappa shape index (κ1) is 12.5. The van der Waals surface area contributed by atoms with Gasteiger partial charge in [-0.2, -0.15) is 5.10 Å². The Bertz CT molecular complexity index is 582. The van der Waals surface area contributed by atoms with Gasteiger partial charge in [-0.05, 0) is 6.42 Å². The number of hydrogen-bond donors (Lipinski definition) is 1. The van der Waals surface area contributed by atoms with E-state index in [1.807, 2.05) is 0 Å². The van der Waals surface area contributed by atoms with Crippen LogP contribution < -0.4 is 5.73 Å². The minimum Gasteiger partial charge on any atom is -0.384 e. The highest BCUT2D eigenvalue weighted by Crippen LogP contribution is 2.31. The number of aryl methyl sites for hydroxylation is 1. The number of nitrogens with two attached hydrogens (primary N) is 1. The summed E-state index contributed by atoms with van der Waals surface area (Å²) >= 11 is 0. The van der Waals surface area contributed by atoms with E-state index in [4.69, 9.17) is 5.73 Å². The van der Waals surface area contributed by atoms with Gasteiger partial charge in [0.1, 0.15) is 29.0 Å². The standard InChI is InChI=1S/C12H12F3N3/c1-3-7-11(17-18(2)12(7)16)10-8(14)4-6(13)5-9(10)15/h4-5H,3,16H2,1-2H3. The summed E-state index contributed by atoms with van der Waals surface area (Å²) in [4.78, 5) is 0. The van der Waals surface area contributed by atoms with Crippen molar-refractivity contribution in [2.45, 2.75) is 13.3 Å².